The molecule has 98 valence electrons. The summed E-state index contributed by atoms with van der Waals surface area (Å²) in [6.45, 7) is 0. The van der Waals surface area contributed by atoms with Crippen molar-refractivity contribution < 1.29 is 27.2 Å². The molecule has 9 heteroatoms. The third-order valence-corrected chi connectivity index (χ3v) is 7.83. The fourth-order valence-electron chi connectivity index (χ4n) is 1.27. The maximum absolute atomic E-state index is 12.2. The van der Waals surface area contributed by atoms with E-state index < -0.39 is 20.7 Å². The van der Waals surface area contributed by atoms with E-state index in [0.29, 0.717) is 0 Å². The van der Waals surface area contributed by atoms with E-state index in [0.717, 1.165) is 0 Å². The van der Waals surface area contributed by atoms with Crippen molar-refractivity contribution >= 4 is 15.2 Å². The monoisotopic (exact) mass is 275 g/mol. The first-order chi connectivity index (χ1) is 7.31. The molecule has 16 heavy (non-hydrogen) atoms. The molecule has 0 saturated carbocycles. The summed E-state index contributed by atoms with van der Waals surface area (Å²) in [6.07, 6.45) is 0. The Morgan fingerprint density at radius 2 is 1.06 bits per heavy atom. The van der Waals surface area contributed by atoms with Gasteiger partial charge in [0.2, 0.25) is 5.52 Å². The first-order valence-corrected chi connectivity index (χ1v) is 7.62. The molecule has 0 aromatic heterocycles. The molecule has 7 nitrogen and oxygen atoms in total. The zero-order valence-corrected chi connectivity index (χ0v) is 12.2. The summed E-state index contributed by atoms with van der Waals surface area (Å²) in [4.78, 5) is 1.43. The Labute approximate surface area is 96.1 Å². The summed E-state index contributed by atoms with van der Waals surface area (Å²) in [6, 6.07) is 0. The van der Waals surface area contributed by atoms with Crippen LogP contribution in [0.15, 0.2) is 0 Å². The first kappa shape index (κ1) is 16.3. The number of hydrogen-bond donors (Lipinski definition) is 0. The summed E-state index contributed by atoms with van der Waals surface area (Å²) in [7, 11) is 0.863. The minimum Gasteiger partial charge on any atom is -0.310 e. The largest absolute Gasteiger partial charge is 0.359 e. The van der Waals surface area contributed by atoms with E-state index in [1.165, 1.54) is 33.3 Å². The molecular formula is C7H19NO6P2. The van der Waals surface area contributed by atoms with E-state index in [-0.39, 0.29) is 0 Å². The van der Waals surface area contributed by atoms with Crippen LogP contribution in [0.1, 0.15) is 0 Å². The second kappa shape index (κ2) is 6.26. The van der Waals surface area contributed by atoms with Crippen molar-refractivity contribution in [1.29, 1.82) is 0 Å². The maximum Gasteiger partial charge on any atom is 0.359 e. The van der Waals surface area contributed by atoms with Crippen molar-refractivity contribution in [2.45, 2.75) is 5.52 Å². The van der Waals surface area contributed by atoms with Gasteiger partial charge in [-0.2, -0.15) is 0 Å². The summed E-state index contributed by atoms with van der Waals surface area (Å²) in [5.41, 5.74) is -1.11. The molecule has 0 rings (SSSR count). The molecule has 0 aromatic rings. The Morgan fingerprint density at radius 1 is 0.812 bits per heavy atom. The van der Waals surface area contributed by atoms with E-state index in [9.17, 15) is 9.13 Å². The first-order valence-electron chi connectivity index (χ1n) is 4.40. The summed E-state index contributed by atoms with van der Waals surface area (Å²) in [5.74, 6) is 0. The van der Waals surface area contributed by atoms with Crippen LogP contribution in [-0.4, -0.2) is 53.0 Å². The molecule has 0 radical (unpaired) electrons. The van der Waals surface area contributed by atoms with Gasteiger partial charge >= 0.3 is 15.2 Å². The molecule has 0 aliphatic carbocycles. The van der Waals surface area contributed by atoms with Crippen LogP contribution < -0.4 is 0 Å². The highest BCUT2D eigenvalue weighted by Gasteiger charge is 2.50. The fourth-order valence-corrected chi connectivity index (χ4v) is 5.97. The van der Waals surface area contributed by atoms with Crippen LogP contribution in [0.25, 0.3) is 0 Å². The van der Waals surface area contributed by atoms with Crippen LogP contribution in [0.3, 0.4) is 0 Å². The lowest BCUT2D eigenvalue weighted by Crippen LogP contribution is -2.30. The Hall–Kier alpha value is 0.260. The Kier molecular flexibility index (Phi) is 6.36. The van der Waals surface area contributed by atoms with E-state index in [2.05, 4.69) is 0 Å². The van der Waals surface area contributed by atoms with E-state index in [4.69, 9.17) is 18.1 Å². The summed E-state index contributed by atoms with van der Waals surface area (Å²) >= 11 is 0. The van der Waals surface area contributed by atoms with Gasteiger partial charge in [-0.1, -0.05) is 0 Å². The lowest BCUT2D eigenvalue weighted by atomic mass is 11.0. The lowest BCUT2D eigenvalue weighted by Gasteiger charge is -2.32. The van der Waals surface area contributed by atoms with Crippen LogP contribution in [0.5, 0.6) is 0 Å². The quantitative estimate of drug-likeness (QED) is 0.656. The molecule has 0 bridgehead atoms. The van der Waals surface area contributed by atoms with Crippen molar-refractivity contribution in [2.75, 3.05) is 42.5 Å². The van der Waals surface area contributed by atoms with Gasteiger partial charge < -0.3 is 18.1 Å². The van der Waals surface area contributed by atoms with Crippen LogP contribution >= 0.6 is 15.2 Å². The highest BCUT2D eigenvalue weighted by molar-refractivity contribution is 7.72. The predicted octanol–water partition coefficient (Wildman–Crippen LogP) is 1.80. The van der Waals surface area contributed by atoms with Gasteiger partial charge in [-0.3, -0.25) is 14.0 Å². The normalized spacial score (nSPS) is 13.8. The molecule has 0 unspecified atom stereocenters. The summed E-state index contributed by atoms with van der Waals surface area (Å²) < 4.78 is 43.8. The molecule has 0 amide bonds. The number of hydrogen-bond acceptors (Lipinski definition) is 7. The van der Waals surface area contributed by atoms with E-state index in [1.54, 1.807) is 14.1 Å². The Bertz CT molecular complexity index is 265. The van der Waals surface area contributed by atoms with Gasteiger partial charge in [-0.15, -0.1) is 0 Å². The van der Waals surface area contributed by atoms with Crippen LogP contribution in [-0.2, 0) is 27.2 Å². The fraction of sp³-hybridized carbons (Fsp3) is 1.00. The lowest BCUT2D eigenvalue weighted by molar-refractivity contribution is 0.213. The van der Waals surface area contributed by atoms with Crippen LogP contribution in [0.2, 0.25) is 0 Å². The van der Waals surface area contributed by atoms with Crippen LogP contribution in [0, 0.1) is 0 Å². The van der Waals surface area contributed by atoms with Gasteiger partial charge in [-0.05, 0) is 14.1 Å². The zero-order chi connectivity index (χ0) is 13.0. The molecule has 0 N–H and O–H groups in total. The molecule has 0 spiro atoms. The van der Waals surface area contributed by atoms with Gasteiger partial charge in [0, 0.05) is 28.4 Å². The average molecular weight is 275 g/mol. The average Bonchev–Trinajstić information content (AvgIpc) is 2.28. The number of rotatable bonds is 7. The molecule has 0 aromatic carbocycles. The zero-order valence-electron chi connectivity index (χ0n) is 10.4. The Balaban J connectivity index is 5.48. The third-order valence-electron chi connectivity index (χ3n) is 2.05. The molecule has 0 saturated heterocycles. The molecule has 0 atom stereocenters. The Morgan fingerprint density at radius 3 is 1.19 bits per heavy atom. The minimum absolute atomic E-state index is 1.11. The third kappa shape index (κ3) is 3.14. The molecule has 0 fully saturated rings. The molecule has 0 aliphatic heterocycles. The predicted molar refractivity (Wildman–Crippen MR) is 60.7 cm³/mol. The second-order valence-electron chi connectivity index (χ2n) is 3.12. The molecule has 0 heterocycles. The van der Waals surface area contributed by atoms with Crippen molar-refractivity contribution in [2.24, 2.45) is 0 Å². The topological polar surface area (TPSA) is 74.3 Å². The van der Waals surface area contributed by atoms with Crippen molar-refractivity contribution in [3.63, 3.8) is 0 Å². The maximum atomic E-state index is 12.2. The summed E-state index contributed by atoms with van der Waals surface area (Å²) in [5, 5.41) is 0. The van der Waals surface area contributed by atoms with Gasteiger partial charge in [0.1, 0.15) is 0 Å². The van der Waals surface area contributed by atoms with Gasteiger partial charge in [-0.25, -0.2) is 0 Å². The van der Waals surface area contributed by atoms with Crippen LogP contribution in [0.4, 0.5) is 0 Å². The van der Waals surface area contributed by atoms with Gasteiger partial charge in [0.25, 0.3) is 0 Å². The smallest absolute Gasteiger partial charge is 0.310 e. The SMILES string of the molecule is COP(=O)(OC)C(N(C)C)P(=O)(OC)OC. The molecular weight excluding hydrogens is 256 g/mol. The van der Waals surface area contributed by atoms with Crippen molar-refractivity contribution in [3.8, 4) is 0 Å². The molecule has 0 aliphatic rings. The van der Waals surface area contributed by atoms with E-state index in [1.807, 2.05) is 0 Å². The van der Waals surface area contributed by atoms with E-state index >= 15 is 0 Å². The second-order valence-corrected chi connectivity index (χ2v) is 8.13. The minimum atomic E-state index is -3.59. The van der Waals surface area contributed by atoms with Gasteiger partial charge in [0.05, 0.1) is 0 Å². The van der Waals surface area contributed by atoms with Crippen molar-refractivity contribution in [3.05, 3.63) is 0 Å². The highest BCUT2D eigenvalue weighted by atomic mass is 31.2. The number of nitrogens with zero attached hydrogens (tertiary/aromatic N) is 1. The van der Waals surface area contributed by atoms with Crippen molar-refractivity contribution in [1.82, 2.24) is 4.90 Å². The highest BCUT2D eigenvalue weighted by Crippen LogP contribution is 2.69. The van der Waals surface area contributed by atoms with Gasteiger partial charge in [0.15, 0.2) is 0 Å². The standard InChI is InChI=1S/C7H19NO6P2/c1-8(2)7(15(9,11-3)12-4)16(10,13-5)14-6/h7H,1-6H3.